The van der Waals surface area contributed by atoms with Crippen molar-refractivity contribution in [2.45, 2.75) is 12.5 Å². The van der Waals surface area contributed by atoms with Gasteiger partial charge >= 0.3 is 0 Å². The Morgan fingerprint density at radius 3 is 2.92 bits per heavy atom. The van der Waals surface area contributed by atoms with Crippen LogP contribution in [0.2, 0.25) is 0 Å². The Balaban J connectivity index is 1.90. The minimum atomic E-state index is -0.540. The summed E-state index contributed by atoms with van der Waals surface area (Å²) in [6, 6.07) is 6.52. The van der Waals surface area contributed by atoms with E-state index in [1.807, 2.05) is 26.2 Å². The Kier molecular flexibility index (Phi) is 3.95. The zero-order valence-corrected chi connectivity index (χ0v) is 13.5. The molecule has 1 aliphatic heterocycles. The van der Waals surface area contributed by atoms with E-state index in [1.165, 1.54) is 6.07 Å². The van der Waals surface area contributed by atoms with Crippen LogP contribution in [-0.2, 0) is 17.4 Å². The molecule has 1 aliphatic rings. The molecule has 1 atom stereocenters. The molecular formula is C16H17N5O3. The number of ether oxygens (including phenoxy) is 1. The molecule has 1 aromatic carbocycles. The molecule has 3 rings (SSSR count). The van der Waals surface area contributed by atoms with Crippen LogP contribution in [0, 0.1) is 21.4 Å². The Morgan fingerprint density at radius 2 is 2.29 bits per heavy atom. The fraction of sp³-hybridized carbons (Fsp3) is 0.375. The summed E-state index contributed by atoms with van der Waals surface area (Å²) in [7, 11) is 1.85. The number of nitro benzene ring substituents is 1. The summed E-state index contributed by atoms with van der Waals surface area (Å²) >= 11 is 0. The smallest absolute Gasteiger partial charge is 0.287 e. The van der Waals surface area contributed by atoms with Gasteiger partial charge in [-0.15, -0.1) is 0 Å². The van der Waals surface area contributed by atoms with E-state index in [9.17, 15) is 10.1 Å². The highest BCUT2D eigenvalue weighted by Crippen LogP contribution is 2.33. The average molecular weight is 327 g/mol. The molecule has 2 heterocycles. The second kappa shape index (κ2) is 5.94. The zero-order chi connectivity index (χ0) is 17.3. The monoisotopic (exact) mass is 327 g/mol. The first-order valence-corrected chi connectivity index (χ1v) is 7.49. The minimum Gasteiger partial charge on any atom is -0.367 e. The van der Waals surface area contributed by atoms with Gasteiger partial charge in [0.05, 0.1) is 24.3 Å². The highest BCUT2D eigenvalue weighted by atomic mass is 16.6. The van der Waals surface area contributed by atoms with E-state index in [4.69, 9.17) is 10.00 Å². The number of anilines is 1. The third kappa shape index (κ3) is 2.81. The van der Waals surface area contributed by atoms with Gasteiger partial charge in [0.1, 0.15) is 17.2 Å². The number of hydrogen-bond donors (Lipinski definition) is 0. The normalized spacial score (nSPS) is 20.6. The van der Waals surface area contributed by atoms with Crippen molar-refractivity contribution < 1.29 is 9.66 Å². The maximum atomic E-state index is 11.0. The maximum Gasteiger partial charge on any atom is 0.287 e. The van der Waals surface area contributed by atoms with Crippen molar-refractivity contribution in [1.29, 1.82) is 5.26 Å². The van der Waals surface area contributed by atoms with Crippen LogP contribution in [0.1, 0.15) is 18.1 Å². The third-order valence-corrected chi connectivity index (χ3v) is 4.25. The molecule has 124 valence electrons. The number of benzene rings is 1. The van der Waals surface area contributed by atoms with Crippen molar-refractivity contribution in [3.05, 3.63) is 51.8 Å². The molecule has 0 aliphatic carbocycles. The van der Waals surface area contributed by atoms with Crippen LogP contribution >= 0.6 is 0 Å². The van der Waals surface area contributed by atoms with Gasteiger partial charge < -0.3 is 9.64 Å². The van der Waals surface area contributed by atoms with Crippen molar-refractivity contribution in [3.63, 3.8) is 0 Å². The molecule has 0 saturated carbocycles. The SMILES string of the molecule is Cn1cc([C@]2(C)CN(c3ccc([N+](=O)[O-])c(C#N)c3)CCO2)cn1. The standard InChI is InChI=1S/C16H17N5O3/c1-16(13-9-18-19(2)10-13)11-20(5-6-24-16)14-3-4-15(21(22)23)12(7-14)8-17/h3-4,7,9-10H,5-6,11H2,1-2H3/t16-/m0/s1. The summed E-state index contributed by atoms with van der Waals surface area (Å²) in [5, 5.41) is 24.3. The molecule has 1 saturated heterocycles. The second-order valence-corrected chi connectivity index (χ2v) is 5.97. The van der Waals surface area contributed by atoms with Gasteiger partial charge in [-0.25, -0.2) is 0 Å². The zero-order valence-electron chi connectivity index (χ0n) is 13.5. The summed E-state index contributed by atoms with van der Waals surface area (Å²) in [6.45, 7) is 3.73. The van der Waals surface area contributed by atoms with Crippen LogP contribution in [0.4, 0.5) is 11.4 Å². The van der Waals surface area contributed by atoms with Gasteiger partial charge in [0.15, 0.2) is 0 Å². The molecule has 0 bridgehead atoms. The van der Waals surface area contributed by atoms with E-state index in [0.29, 0.717) is 19.7 Å². The van der Waals surface area contributed by atoms with E-state index in [-0.39, 0.29) is 11.3 Å². The van der Waals surface area contributed by atoms with Crippen LogP contribution in [0.25, 0.3) is 0 Å². The molecule has 8 nitrogen and oxygen atoms in total. The molecule has 0 amide bonds. The topological polar surface area (TPSA) is 97.2 Å². The lowest BCUT2D eigenvalue weighted by atomic mass is 9.96. The van der Waals surface area contributed by atoms with Crippen LogP contribution < -0.4 is 4.90 Å². The lowest BCUT2D eigenvalue weighted by Gasteiger charge is -2.41. The molecule has 24 heavy (non-hydrogen) atoms. The number of aryl methyl sites for hydroxylation is 1. The molecule has 8 heteroatoms. The van der Waals surface area contributed by atoms with Gasteiger partial charge in [-0.3, -0.25) is 14.8 Å². The molecular weight excluding hydrogens is 310 g/mol. The molecule has 0 spiro atoms. The quantitative estimate of drug-likeness (QED) is 0.631. The number of hydrogen-bond acceptors (Lipinski definition) is 6. The highest BCUT2D eigenvalue weighted by Gasteiger charge is 2.35. The van der Waals surface area contributed by atoms with E-state index < -0.39 is 10.5 Å². The molecule has 0 unspecified atom stereocenters. The van der Waals surface area contributed by atoms with Crippen molar-refractivity contribution in [2.75, 3.05) is 24.6 Å². The van der Waals surface area contributed by atoms with Crippen LogP contribution in [0.3, 0.4) is 0 Å². The first-order chi connectivity index (χ1) is 11.4. The average Bonchev–Trinajstić information content (AvgIpc) is 3.01. The van der Waals surface area contributed by atoms with Crippen molar-refractivity contribution in [1.82, 2.24) is 9.78 Å². The Labute approximate surface area is 139 Å². The van der Waals surface area contributed by atoms with Gasteiger partial charge in [-0.1, -0.05) is 0 Å². The summed E-state index contributed by atoms with van der Waals surface area (Å²) in [5.41, 5.74) is 1.10. The molecule has 1 aromatic heterocycles. The van der Waals surface area contributed by atoms with Gasteiger partial charge in [0.25, 0.3) is 5.69 Å². The van der Waals surface area contributed by atoms with E-state index in [2.05, 4.69) is 10.00 Å². The highest BCUT2D eigenvalue weighted by molar-refractivity contribution is 5.60. The van der Waals surface area contributed by atoms with Gasteiger partial charge in [-0.2, -0.15) is 10.4 Å². The fourth-order valence-corrected chi connectivity index (χ4v) is 2.93. The van der Waals surface area contributed by atoms with E-state index >= 15 is 0 Å². The Hall–Kier alpha value is -2.92. The summed E-state index contributed by atoms with van der Waals surface area (Å²) in [4.78, 5) is 12.5. The lowest BCUT2D eigenvalue weighted by molar-refractivity contribution is -0.385. The lowest BCUT2D eigenvalue weighted by Crippen LogP contribution is -2.48. The predicted molar refractivity (Wildman–Crippen MR) is 86.5 cm³/mol. The number of aromatic nitrogens is 2. The largest absolute Gasteiger partial charge is 0.367 e. The Bertz CT molecular complexity index is 825. The maximum absolute atomic E-state index is 11.0. The number of rotatable bonds is 3. The molecule has 2 aromatic rings. The molecule has 1 fully saturated rings. The summed E-state index contributed by atoms with van der Waals surface area (Å²) in [5.74, 6) is 0. The number of nitrogens with zero attached hydrogens (tertiary/aromatic N) is 5. The van der Waals surface area contributed by atoms with E-state index in [1.54, 1.807) is 23.0 Å². The first kappa shape index (κ1) is 16.0. The van der Waals surface area contributed by atoms with Gasteiger partial charge in [0.2, 0.25) is 0 Å². The number of morpholine rings is 1. The van der Waals surface area contributed by atoms with Gasteiger partial charge in [0, 0.05) is 37.1 Å². The predicted octanol–water partition coefficient (Wildman–Crippen LogP) is 1.95. The van der Waals surface area contributed by atoms with Crippen LogP contribution in [0.5, 0.6) is 0 Å². The number of nitriles is 1. The van der Waals surface area contributed by atoms with E-state index in [0.717, 1.165) is 11.3 Å². The molecule has 0 N–H and O–H groups in total. The van der Waals surface area contributed by atoms with Crippen LogP contribution in [-0.4, -0.2) is 34.4 Å². The van der Waals surface area contributed by atoms with Crippen molar-refractivity contribution in [2.24, 2.45) is 7.05 Å². The second-order valence-electron chi connectivity index (χ2n) is 5.97. The third-order valence-electron chi connectivity index (χ3n) is 4.25. The van der Waals surface area contributed by atoms with Crippen molar-refractivity contribution in [3.8, 4) is 6.07 Å². The Morgan fingerprint density at radius 1 is 1.50 bits per heavy atom. The summed E-state index contributed by atoms with van der Waals surface area (Å²) in [6.07, 6.45) is 3.69. The summed E-state index contributed by atoms with van der Waals surface area (Å²) < 4.78 is 7.69. The minimum absolute atomic E-state index is 0.0621. The fourth-order valence-electron chi connectivity index (χ4n) is 2.93. The van der Waals surface area contributed by atoms with Crippen molar-refractivity contribution >= 4 is 11.4 Å². The molecule has 0 radical (unpaired) electrons. The number of nitro groups is 1. The van der Waals surface area contributed by atoms with Crippen LogP contribution in [0.15, 0.2) is 30.6 Å². The first-order valence-electron chi connectivity index (χ1n) is 7.49. The van der Waals surface area contributed by atoms with Gasteiger partial charge in [-0.05, 0) is 19.1 Å².